The van der Waals surface area contributed by atoms with Crippen molar-refractivity contribution in [2.45, 2.75) is 26.3 Å². The summed E-state index contributed by atoms with van der Waals surface area (Å²) in [5, 5.41) is 2.89. The second kappa shape index (κ2) is 6.70. The summed E-state index contributed by atoms with van der Waals surface area (Å²) < 4.78 is 0. The van der Waals surface area contributed by atoms with E-state index in [9.17, 15) is 4.79 Å². The first kappa shape index (κ1) is 14.1. The number of hydrogen-bond donors (Lipinski definition) is 2. The number of rotatable bonds is 5. The molecule has 4 heteroatoms. The summed E-state index contributed by atoms with van der Waals surface area (Å²) in [6, 6.07) is 11.5. The zero-order valence-electron chi connectivity index (χ0n) is 11.6. The molecule has 0 bridgehead atoms. The lowest BCUT2D eigenvalue weighted by atomic mass is 10.1. The van der Waals surface area contributed by atoms with E-state index in [2.05, 4.69) is 10.3 Å². The van der Waals surface area contributed by atoms with Crippen LogP contribution in [0.1, 0.15) is 23.2 Å². The summed E-state index contributed by atoms with van der Waals surface area (Å²) >= 11 is 0. The zero-order chi connectivity index (χ0) is 14.4. The number of carbonyl (C=O) groups excluding carboxylic acids is 1. The number of carbonyl (C=O) groups is 1. The Bertz CT molecular complexity index is 544. The number of aromatic nitrogens is 1. The fourth-order valence-electron chi connectivity index (χ4n) is 1.98. The predicted octanol–water partition coefficient (Wildman–Crippen LogP) is 2.22. The Morgan fingerprint density at radius 2 is 2.05 bits per heavy atom. The van der Waals surface area contributed by atoms with Crippen LogP contribution in [0.3, 0.4) is 0 Å². The molecule has 0 aliphatic heterocycles. The van der Waals surface area contributed by atoms with Crippen molar-refractivity contribution in [1.82, 2.24) is 10.3 Å². The van der Waals surface area contributed by atoms with Crippen LogP contribution < -0.4 is 11.1 Å². The lowest BCUT2D eigenvalue weighted by Crippen LogP contribution is -2.24. The van der Waals surface area contributed by atoms with Crippen molar-refractivity contribution in [3.05, 3.63) is 59.4 Å². The number of hydrogen-bond acceptors (Lipinski definition) is 3. The van der Waals surface area contributed by atoms with Gasteiger partial charge in [0.1, 0.15) is 0 Å². The molecule has 0 saturated heterocycles. The smallest absolute Gasteiger partial charge is 0.220 e. The molecule has 20 heavy (non-hydrogen) atoms. The first-order chi connectivity index (χ1) is 9.66. The lowest BCUT2D eigenvalue weighted by Gasteiger charge is -2.08. The minimum atomic E-state index is 0.0123. The third-order valence-corrected chi connectivity index (χ3v) is 3.25. The van der Waals surface area contributed by atoms with Crippen LogP contribution in [0.4, 0.5) is 5.69 Å². The first-order valence-corrected chi connectivity index (χ1v) is 6.67. The largest absolute Gasteiger partial charge is 0.399 e. The van der Waals surface area contributed by atoms with Crippen LogP contribution in [0.25, 0.3) is 0 Å². The number of aryl methyl sites for hydroxylation is 2. The SMILES string of the molecule is Cc1cccnc1CNC(=O)CCc1ccccc1N. The van der Waals surface area contributed by atoms with Gasteiger partial charge < -0.3 is 11.1 Å². The molecule has 0 atom stereocenters. The molecule has 4 nitrogen and oxygen atoms in total. The minimum Gasteiger partial charge on any atom is -0.399 e. The highest BCUT2D eigenvalue weighted by atomic mass is 16.1. The van der Waals surface area contributed by atoms with Crippen LogP contribution in [-0.4, -0.2) is 10.9 Å². The number of para-hydroxylation sites is 1. The fourth-order valence-corrected chi connectivity index (χ4v) is 1.98. The van der Waals surface area contributed by atoms with Crippen molar-refractivity contribution >= 4 is 11.6 Å². The molecule has 0 unspecified atom stereocenters. The van der Waals surface area contributed by atoms with Crippen molar-refractivity contribution in [3.63, 3.8) is 0 Å². The van der Waals surface area contributed by atoms with Crippen molar-refractivity contribution < 1.29 is 4.79 Å². The maximum atomic E-state index is 11.8. The van der Waals surface area contributed by atoms with Crippen LogP contribution in [0.5, 0.6) is 0 Å². The van der Waals surface area contributed by atoms with Gasteiger partial charge in [0.05, 0.1) is 12.2 Å². The van der Waals surface area contributed by atoms with Crippen LogP contribution in [0.2, 0.25) is 0 Å². The standard InChI is InChI=1S/C16H19N3O/c1-12-5-4-10-18-15(12)11-19-16(20)9-8-13-6-2-3-7-14(13)17/h2-7,10H,8-9,11,17H2,1H3,(H,19,20). The van der Waals surface area contributed by atoms with E-state index in [1.807, 2.05) is 43.3 Å². The van der Waals surface area contributed by atoms with Gasteiger partial charge in [0.25, 0.3) is 0 Å². The summed E-state index contributed by atoms with van der Waals surface area (Å²) in [6.07, 6.45) is 2.82. The number of anilines is 1. The van der Waals surface area contributed by atoms with Crippen molar-refractivity contribution in [2.24, 2.45) is 0 Å². The zero-order valence-corrected chi connectivity index (χ0v) is 11.6. The normalized spacial score (nSPS) is 10.2. The molecule has 0 aliphatic carbocycles. The number of amides is 1. The third-order valence-electron chi connectivity index (χ3n) is 3.25. The highest BCUT2D eigenvalue weighted by Gasteiger charge is 2.05. The van der Waals surface area contributed by atoms with Crippen LogP contribution in [-0.2, 0) is 17.8 Å². The van der Waals surface area contributed by atoms with E-state index in [0.29, 0.717) is 19.4 Å². The third kappa shape index (κ3) is 3.82. The number of nitrogens with one attached hydrogen (secondary N) is 1. The average molecular weight is 269 g/mol. The predicted molar refractivity (Wildman–Crippen MR) is 80.0 cm³/mol. The molecule has 1 amide bonds. The number of nitrogens with zero attached hydrogens (tertiary/aromatic N) is 1. The molecular formula is C16H19N3O. The summed E-state index contributed by atoms with van der Waals surface area (Å²) in [7, 11) is 0. The highest BCUT2D eigenvalue weighted by Crippen LogP contribution is 2.12. The van der Waals surface area contributed by atoms with Gasteiger partial charge in [-0.1, -0.05) is 24.3 Å². The molecule has 2 aromatic rings. The van der Waals surface area contributed by atoms with Gasteiger partial charge in [0.2, 0.25) is 5.91 Å². The lowest BCUT2D eigenvalue weighted by molar-refractivity contribution is -0.121. The van der Waals surface area contributed by atoms with E-state index in [4.69, 9.17) is 5.73 Å². The first-order valence-electron chi connectivity index (χ1n) is 6.67. The maximum Gasteiger partial charge on any atom is 0.220 e. The van der Waals surface area contributed by atoms with E-state index < -0.39 is 0 Å². The number of nitrogens with two attached hydrogens (primary N) is 1. The van der Waals surface area contributed by atoms with Crippen LogP contribution in [0.15, 0.2) is 42.6 Å². The maximum absolute atomic E-state index is 11.8. The van der Waals surface area contributed by atoms with Crippen LogP contribution in [0, 0.1) is 6.92 Å². The minimum absolute atomic E-state index is 0.0123. The molecule has 3 N–H and O–H groups in total. The Morgan fingerprint density at radius 3 is 2.80 bits per heavy atom. The molecule has 0 spiro atoms. The Kier molecular flexibility index (Phi) is 4.71. The Morgan fingerprint density at radius 1 is 1.25 bits per heavy atom. The topological polar surface area (TPSA) is 68.0 Å². The Hall–Kier alpha value is -2.36. The second-order valence-electron chi connectivity index (χ2n) is 4.74. The monoisotopic (exact) mass is 269 g/mol. The van der Waals surface area contributed by atoms with E-state index in [-0.39, 0.29) is 5.91 Å². The molecule has 1 aromatic carbocycles. The fraction of sp³-hybridized carbons (Fsp3) is 0.250. The summed E-state index contributed by atoms with van der Waals surface area (Å²) in [5.41, 5.74) is 9.58. The van der Waals surface area contributed by atoms with Gasteiger partial charge in [-0.2, -0.15) is 0 Å². The highest BCUT2D eigenvalue weighted by molar-refractivity contribution is 5.76. The van der Waals surface area contributed by atoms with Gasteiger partial charge in [-0.25, -0.2) is 0 Å². The van der Waals surface area contributed by atoms with Gasteiger partial charge in [-0.15, -0.1) is 0 Å². The van der Waals surface area contributed by atoms with Gasteiger partial charge in [0, 0.05) is 18.3 Å². The molecule has 0 aliphatic rings. The Labute approximate surface area is 119 Å². The molecule has 2 rings (SSSR count). The van der Waals surface area contributed by atoms with E-state index in [1.54, 1.807) is 6.20 Å². The van der Waals surface area contributed by atoms with Crippen molar-refractivity contribution in [1.29, 1.82) is 0 Å². The molecular weight excluding hydrogens is 250 g/mol. The molecule has 1 heterocycles. The molecule has 1 aromatic heterocycles. The average Bonchev–Trinajstić information content (AvgIpc) is 2.45. The number of benzene rings is 1. The molecule has 0 saturated carbocycles. The number of pyridine rings is 1. The van der Waals surface area contributed by atoms with Gasteiger partial charge in [0.15, 0.2) is 0 Å². The van der Waals surface area contributed by atoms with E-state index in [1.165, 1.54) is 0 Å². The second-order valence-corrected chi connectivity index (χ2v) is 4.74. The van der Waals surface area contributed by atoms with Gasteiger partial charge in [-0.05, 0) is 36.6 Å². The van der Waals surface area contributed by atoms with Gasteiger partial charge >= 0.3 is 0 Å². The summed E-state index contributed by atoms with van der Waals surface area (Å²) in [6.45, 7) is 2.45. The van der Waals surface area contributed by atoms with E-state index in [0.717, 1.165) is 22.5 Å². The van der Waals surface area contributed by atoms with E-state index >= 15 is 0 Å². The molecule has 0 radical (unpaired) electrons. The van der Waals surface area contributed by atoms with Crippen LogP contribution >= 0.6 is 0 Å². The Balaban J connectivity index is 1.82. The van der Waals surface area contributed by atoms with Crippen molar-refractivity contribution in [2.75, 3.05) is 5.73 Å². The summed E-state index contributed by atoms with van der Waals surface area (Å²) in [5.74, 6) is 0.0123. The quantitative estimate of drug-likeness (QED) is 0.818. The molecule has 0 fully saturated rings. The van der Waals surface area contributed by atoms with Gasteiger partial charge in [-0.3, -0.25) is 9.78 Å². The molecule has 104 valence electrons. The summed E-state index contributed by atoms with van der Waals surface area (Å²) in [4.78, 5) is 16.1. The van der Waals surface area contributed by atoms with Crippen molar-refractivity contribution in [3.8, 4) is 0 Å². The number of nitrogen functional groups attached to an aromatic ring is 1.